The first-order valence-electron chi connectivity index (χ1n) is 7.65. The second-order valence-electron chi connectivity index (χ2n) is 5.51. The predicted octanol–water partition coefficient (Wildman–Crippen LogP) is 5.14. The molecule has 0 bridgehead atoms. The van der Waals surface area contributed by atoms with E-state index in [9.17, 15) is 5.11 Å². The molecule has 0 unspecified atom stereocenters. The molecule has 4 rings (SSSR count). The average molecular weight is 390 g/mol. The molecule has 25 heavy (non-hydrogen) atoms. The van der Waals surface area contributed by atoms with Crippen molar-refractivity contribution in [3.8, 4) is 5.88 Å². The summed E-state index contributed by atoms with van der Waals surface area (Å²) in [6, 6.07) is 13.3. The topological polar surface area (TPSA) is 48.7 Å². The van der Waals surface area contributed by atoms with E-state index in [2.05, 4.69) is 4.98 Å². The van der Waals surface area contributed by atoms with Crippen molar-refractivity contribution in [3.05, 3.63) is 69.0 Å². The van der Waals surface area contributed by atoms with Crippen molar-refractivity contribution in [2.24, 2.45) is 4.99 Å². The normalized spacial score (nSPS) is 14.0. The van der Waals surface area contributed by atoms with Crippen LogP contribution in [0.5, 0.6) is 5.88 Å². The van der Waals surface area contributed by atoms with Gasteiger partial charge in [-0.25, -0.2) is 0 Å². The van der Waals surface area contributed by atoms with Crippen molar-refractivity contribution in [1.82, 2.24) is 4.98 Å². The number of aromatic hydroxyl groups is 1. The maximum Gasteiger partial charge on any atom is 0.223 e. The summed E-state index contributed by atoms with van der Waals surface area (Å²) in [5.41, 5.74) is 3.52. The van der Waals surface area contributed by atoms with E-state index in [0.717, 1.165) is 27.7 Å². The zero-order valence-corrected chi connectivity index (χ0v) is 15.3. The fourth-order valence-electron chi connectivity index (χ4n) is 2.86. The molecule has 0 saturated heterocycles. The number of aliphatic imine (C=N–C) groups is 1. The molecule has 2 heterocycles. The summed E-state index contributed by atoms with van der Waals surface area (Å²) >= 11 is 14.1. The monoisotopic (exact) mass is 389 g/mol. The number of thiazole rings is 1. The number of benzodiazepines with no additional fused rings is 1. The molecule has 4 nitrogen and oxygen atoms in total. The fraction of sp³-hybridized carbons (Fsp3) is 0.111. The molecule has 1 N–H and O–H groups in total. The van der Waals surface area contributed by atoms with E-state index in [1.807, 2.05) is 47.4 Å². The summed E-state index contributed by atoms with van der Waals surface area (Å²) in [5, 5.41) is 13.2. The molecule has 0 radical (unpaired) electrons. The molecule has 0 aliphatic carbocycles. The number of halogens is 2. The SMILES string of the molecule is Oc1csc(N2CCN=C(c3ccccc3Cl)c3cc(Cl)ccc32)n1. The van der Waals surface area contributed by atoms with Gasteiger partial charge in [0.1, 0.15) is 0 Å². The van der Waals surface area contributed by atoms with Gasteiger partial charge in [-0.2, -0.15) is 4.98 Å². The summed E-state index contributed by atoms with van der Waals surface area (Å²) in [7, 11) is 0. The lowest BCUT2D eigenvalue weighted by Crippen LogP contribution is -2.20. The van der Waals surface area contributed by atoms with Crippen molar-refractivity contribution in [1.29, 1.82) is 0 Å². The molecule has 0 spiro atoms. The summed E-state index contributed by atoms with van der Waals surface area (Å²) in [4.78, 5) is 11.0. The quantitative estimate of drug-likeness (QED) is 0.659. The summed E-state index contributed by atoms with van der Waals surface area (Å²) in [6.07, 6.45) is 0. The highest BCUT2D eigenvalue weighted by Crippen LogP contribution is 2.37. The smallest absolute Gasteiger partial charge is 0.223 e. The van der Waals surface area contributed by atoms with Crippen LogP contribution in [-0.2, 0) is 0 Å². The highest BCUT2D eigenvalue weighted by atomic mass is 35.5. The largest absolute Gasteiger partial charge is 0.493 e. The van der Waals surface area contributed by atoms with Crippen molar-refractivity contribution in [2.45, 2.75) is 0 Å². The lowest BCUT2D eigenvalue weighted by atomic mass is 10.00. The number of hydrogen-bond acceptors (Lipinski definition) is 5. The molecular formula is C18H13Cl2N3OS. The lowest BCUT2D eigenvalue weighted by Gasteiger charge is -2.22. The first-order valence-corrected chi connectivity index (χ1v) is 9.28. The van der Waals surface area contributed by atoms with Gasteiger partial charge in [-0.15, -0.1) is 11.3 Å². The minimum absolute atomic E-state index is 0.0204. The van der Waals surface area contributed by atoms with Crippen molar-refractivity contribution in [2.75, 3.05) is 18.0 Å². The minimum atomic E-state index is 0.0204. The van der Waals surface area contributed by atoms with Gasteiger partial charge >= 0.3 is 0 Å². The highest BCUT2D eigenvalue weighted by molar-refractivity contribution is 7.14. The standard InChI is InChI=1S/C18H13Cl2N3OS/c19-11-5-6-15-13(9-11)17(12-3-1-2-4-14(12)20)21-7-8-23(15)18-22-16(24)10-25-18/h1-6,9-10,24H,7-8H2. The third-order valence-corrected chi connectivity index (χ3v) is 5.35. The first-order chi connectivity index (χ1) is 12.1. The van der Waals surface area contributed by atoms with Gasteiger partial charge in [0, 0.05) is 27.7 Å². The number of rotatable bonds is 2. The van der Waals surface area contributed by atoms with Crippen molar-refractivity contribution >= 4 is 51.1 Å². The van der Waals surface area contributed by atoms with Gasteiger partial charge in [0.05, 0.1) is 23.3 Å². The Labute approximate surface area is 159 Å². The predicted molar refractivity (Wildman–Crippen MR) is 104 cm³/mol. The third kappa shape index (κ3) is 3.11. The Hall–Kier alpha value is -2.08. The van der Waals surface area contributed by atoms with Crippen LogP contribution in [0.2, 0.25) is 10.0 Å². The third-order valence-electron chi connectivity index (χ3n) is 3.94. The van der Waals surface area contributed by atoms with E-state index in [-0.39, 0.29) is 5.88 Å². The van der Waals surface area contributed by atoms with Crippen molar-refractivity contribution in [3.63, 3.8) is 0 Å². The number of anilines is 2. The molecule has 3 aromatic rings. The Morgan fingerprint density at radius 1 is 1.08 bits per heavy atom. The molecule has 0 atom stereocenters. The van der Waals surface area contributed by atoms with E-state index < -0.39 is 0 Å². The van der Waals surface area contributed by atoms with Crippen LogP contribution in [0, 0.1) is 0 Å². The maximum absolute atomic E-state index is 9.62. The van der Waals surface area contributed by atoms with Gasteiger partial charge in [0.25, 0.3) is 0 Å². The molecule has 7 heteroatoms. The summed E-state index contributed by atoms with van der Waals surface area (Å²) in [6.45, 7) is 1.22. The number of nitrogens with zero attached hydrogens (tertiary/aromatic N) is 3. The zero-order chi connectivity index (χ0) is 17.4. The van der Waals surface area contributed by atoms with E-state index in [1.165, 1.54) is 11.3 Å². The Kier molecular flexibility index (Phi) is 4.37. The summed E-state index contributed by atoms with van der Waals surface area (Å²) in [5.74, 6) is 0.0204. The van der Waals surface area contributed by atoms with E-state index >= 15 is 0 Å². The van der Waals surface area contributed by atoms with Gasteiger partial charge < -0.3 is 10.0 Å². The average Bonchev–Trinajstić information content (AvgIpc) is 2.94. The molecule has 0 fully saturated rings. The highest BCUT2D eigenvalue weighted by Gasteiger charge is 2.24. The molecule has 1 aromatic heterocycles. The van der Waals surface area contributed by atoms with Gasteiger partial charge in [-0.05, 0) is 24.3 Å². The van der Waals surface area contributed by atoms with E-state index in [0.29, 0.717) is 23.1 Å². The van der Waals surface area contributed by atoms with E-state index in [4.69, 9.17) is 28.2 Å². The minimum Gasteiger partial charge on any atom is -0.493 e. The molecular weight excluding hydrogens is 377 g/mol. The number of aromatic nitrogens is 1. The van der Waals surface area contributed by atoms with Gasteiger partial charge in [-0.3, -0.25) is 4.99 Å². The number of benzene rings is 2. The Morgan fingerprint density at radius 2 is 1.92 bits per heavy atom. The Bertz CT molecular complexity index is 970. The second kappa shape index (κ2) is 6.67. The van der Waals surface area contributed by atoms with Crippen LogP contribution in [0.3, 0.4) is 0 Å². The number of fused-ring (bicyclic) bond motifs is 1. The van der Waals surface area contributed by atoms with Crippen LogP contribution in [0.1, 0.15) is 11.1 Å². The molecule has 126 valence electrons. The van der Waals surface area contributed by atoms with Crippen LogP contribution in [-0.4, -0.2) is 28.9 Å². The van der Waals surface area contributed by atoms with Crippen LogP contribution in [0.25, 0.3) is 0 Å². The molecule has 0 saturated carbocycles. The fourth-order valence-corrected chi connectivity index (χ4v) is 3.99. The van der Waals surface area contributed by atoms with Crippen LogP contribution in [0.15, 0.2) is 52.8 Å². The molecule has 1 aliphatic rings. The molecule has 0 amide bonds. The first kappa shape index (κ1) is 16.4. The molecule has 1 aliphatic heterocycles. The van der Waals surface area contributed by atoms with Crippen LogP contribution in [0.4, 0.5) is 10.8 Å². The Morgan fingerprint density at radius 3 is 2.68 bits per heavy atom. The summed E-state index contributed by atoms with van der Waals surface area (Å²) < 4.78 is 0. The van der Waals surface area contributed by atoms with Crippen LogP contribution < -0.4 is 4.90 Å². The van der Waals surface area contributed by atoms with Gasteiger partial charge in [0.15, 0.2) is 5.13 Å². The van der Waals surface area contributed by atoms with Crippen molar-refractivity contribution < 1.29 is 5.11 Å². The van der Waals surface area contributed by atoms with Crippen LogP contribution >= 0.6 is 34.5 Å². The van der Waals surface area contributed by atoms with Gasteiger partial charge in [-0.1, -0.05) is 41.4 Å². The Balaban J connectivity index is 1.89. The maximum atomic E-state index is 9.62. The number of hydrogen-bond donors (Lipinski definition) is 1. The second-order valence-corrected chi connectivity index (χ2v) is 7.19. The van der Waals surface area contributed by atoms with Gasteiger partial charge in [0.2, 0.25) is 5.88 Å². The van der Waals surface area contributed by atoms with E-state index in [1.54, 1.807) is 5.38 Å². The zero-order valence-electron chi connectivity index (χ0n) is 13.0. The lowest BCUT2D eigenvalue weighted by molar-refractivity contribution is 0.457. The molecule has 2 aromatic carbocycles.